The number of hydrogen-bond donors (Lipinski definition) is 0. The predicted molar refractivity (Wildman–Crippen MR) is 109 cm³/mol. The molecule has 0 spiro atoms. The van der Waals surface area contributed by atoms with E-state index in [4.69, 9.17) is 4.74 Å². The van der Waals surface area contributed by atoms with Gasteiger partial charge in [-0.2, -0.15) is 0 Å². The first-order chi connectivity index (χ1) is 11.2. The molecular formula is C22H27BrO. The van der Waals surface area contributed by atoms with Gasteiger partial charge in [-0.15, -0.1) is 0 Å². The smallest absolute Gasteiger partial charge is 0.123 e. The molecule has 2 aromatic rings. The Morgan fingerprint density at radius 1 is 1.00 bits per heavy atom. The summed E-state index contributed by atoms with van der Waals surface area (Å²) in [5, 5.41) is 0. The summed E-state index contributed by atoms with van der Waals surface area (Å²) in [5.41, 5.74) is 6.41. The van der Waals surface area contributed by atoms with Gasteiger partial charge in [-0.25, -0.2) is 0 Å². The number of benzene rings is 2. The maximum atomic E-state index is 5.73. The molecule has 0 aliphatic heterocycles. The van der Waals surface area contributed by atoms with Crippen LogP contribution in [0.1, 0.15) is 55.5 Å². The van der Waals surface area contributed by atoms with E-state index >= 15 is 0 Å². The van der Waals surface area contributed by atoms with Gasteiger partial charge in [-0.05, 0) is 66.1 Å². The fraction of sp³-hybridized carbons (Fsp3) is 0.364. The Hall–Kier alpha value is -1.54. The first-order valence-corrected chi connectivity index (χ1v) is 9.24. The van der Waals surface area contributed by atoms with Crippen molar-refractivity contribution in [1.82, 2.24) is 0 Å². The normalized spacial score (nSPS) is 12.0. The number of aryl methyl sites for hydroxylation is 1. The van der Waals surface area contributed by atoms with Crippen molar-refractivity contribution in [1.29, 1.82) is 0 Å². The molecule has 0 aliphatic carbocycles. The largest absolute Gasteiger partial charge is 0.494 e. The third-order valence-corrected chi connectivity index (χ3v) is 4.71. The van der Waals surface area contributed by atoms with Crippen molar-refractivity contribution >= 4 is 28.1 Å². The van der Waals surface area contributed by atoms with Crippen molar-refractivity contribution in [3.63, 3.8) is 0 Å². The number of ether oxygens (including phenoxy) is 1. The van der Waals surface area contributed by atoms with Crippen molar-refractivity contribution in [3.8, 4) is 5.75 Å². The van der Waals surface area contributed by atoms with E-state index in [2.05, 4.69) is 87.0 Å². The lowest BCUT2D eigenvalue weighted by atomic mass is 9.85. The molecule has 128 valence electrons. The Balaban J connectivity index is 2.41. The lowest BCUT2D eigenvalue weighted by Gasteiger charge is -2.20. The zero-order chi connectivity index (χ0) is 17.9. The van der Waals surface area contributed by atoms with Crippen LogP contribution in [0.2, 0.25) is 0 Å². The molecule has 0 unspecified atom stereocenters. The summed E-state index contributed by atoms with van der Waals surface area (Å²) in [7, 11) is 0. The van der Waals surface area contributed by atoms with Gasteiger partial charge < -0.3 is 4.74 Å². The van der Waals surface area contributed by atoms with Gasteiger partial charge in [0, 0.05) is 4.47 Å². The van der Waals surface area contributed by atoms with Crippen LogP contribution in [-0.4, -0.2) is 6.61 Å². The number of halogens is 1. The second-order valence-electron chi connectivity index (χ2n) is 7.21. The first-order valence-electron chi connectivity index (χ1n) is 8.44. The molecule has 1 nitrogen and oxygen atoms in total. The van der Waals surface area contributed by atoms with Crippen LogP contribution >= 0.6 is 15.9 Å². The van der Waals surface area contributed by atoms with Crippen LogP contribution in [-0.2, 0) is 5.41 Å². The molecule has 0 radical (unpaired) electrons. The summed E-state index contributed by atoms with van der Waals surface area (Å²) in [6, 6.07) is 10.9. The van der Waals surface area contributed by atoms with Gasteiger partial charge in [-0.1, -0.05) is 67.1 Å². The van der Waals surface area contributed by atoms with Crippen LogP contribution in [0.15, 0.2) is 34.8 Å². The molecule has 2 rings (SSSR count). The number of hydrogen-bond acceptors (Lipinski definition) is 1. The highest BCUT2D eigenvalue weighted by atomic mass is 79.9. The second kappa shape index (κ2) is 7.57. The van der Waals surface area contributed by atoms with Crippen LogP contribution in [0.5, 0.6) is 5.75 Å². The van der Waals surface area contributed by atoms with Crippen molar-refractivity contribution in [3.05, 3.63) is 62.6 Å². The highest BCUT2D eigenvalue weighted by Gasteiger charge is 2.14. The molecule has 0 bridgehead atoms. The average Bonchev–Trinajstić information content (AvgIpc) is 2.49. The van der Waals surface area contributed by atoms with E-state index in [0.29, 0.717) is 6.61 Å². The van der Waals surface area contributed by atoms with E-state index in [9.17, 15) is 0 Å². The maximum absolute atomic E-state index is 5.73. The second-order valence-corrected chi connectivity index (χ2v) is 8.12. The third-order valence-electron chi connectivity index (χ3n) is 4.25. The highest BCUT2D eigenvalue weighted by molar-refractivity contribution is 9.10. The van der Waals surface area contributed by atoms with Crippen molar-refractivity contribution in [2.24, 2.45) is 0 Å². The minimum Gasteiger partial charge on any atom is -0.494 e. The molecule has 0 fully saturated rings. The highest BCUT2D eigenvalue weighted by Crippen LogP contribution is 2.29. The van der Waals surface area contributed by atoms with Crippen molar-refractivity contribution in [2.45, 2.75) is 47.0 Å². The summed E-state index contributed by atoms with van der Waals surface area (Å²) in [5.74, 6) is 0.937. The fourth-order valence-electron chi connectivity index (χ4n) is 2.62. The molecule has 0 N–H and O–H groups in total. The van der Waals surface area contributed by atoms with Gasteiger partial charge in [0.25, 0.3) is 0 Å². The topological polar surface area (TPSA) is 9.23 Å². The Morgan fingerprint density at radius 3 is 2.29 bits per heavy atom. The van der Waals surface area contributed by atoms with Gasteiger partial charge in [0.1, 0.15) is 5.75 Å². The predicted octanol–water partition coefficient (Wildman–Crippen LogP) is 6.93. The molecule has 0 saturated heterocycles. The molecule has 0 saturated carbocycles. The zero-order valence-corrected chi connectivity index (χ0v) is 17.1. The van der Waals surface area contributed by atoms with E-state index in [1.165, 1.54) is 27.8 Å². The molecule has 0 heterocycles. The van der Waals surface area contributed by atoms with Gasteiger partial charge in [0.2, 0.25) is 0 Å². The average molecular weight is 387 g/mol. The van der Waals surface area contributed by atoms with Gasteiger partial charge >= 0.3 is 0 Å². The molecule has 0 aliphatic rings. The quantitative estimate of drug-likeness (QED) is 0.517. The standard InChI is InChI=1S/C22H27BrO/c1-7-24-21-14-20(23)13-18(16(21)3)10-9-17-12-19(22(4,5)6)11-8-15(17)2/h8-14H,7H2,1-6H3. The van der Waals surface area contributed by atoms with Crippen LogP contribution in [0.25, 0.3) is 12.2 Å². The summed E-state index contributed by atoms with van der Waals surface area (Å²) in [6.07, 6.45) is 4.38. The first kappa shape index (κ1) is 18.8. The molecule has 2 heteroatoms. The molecular weight excluding hydrogens is 360 g/mol. The number of rotatable bonds is 4. The van der Waals surface area contributed by atoms with Crippen LogP contribution < -0.4 is 4.74 Å². The monoisotopic (exact) mass is 386 g/mol. The minimum atomic E-state index is 0.157. The van der Waals surface area contributed by atoms with Crippen LogP contribution in [0.4, 0.5) is 0 Å². The summed E-state index contributed by atoms with van der Waals surface area (Å²) in [4.78, 5) is 0. The van der Waals surface area contributed by atoms with Gasteiger partial charge in [0.15, 0.2) is 0 Å². The third kappa shape index (κ3) is 4.51. The van der Waals surface area contributed by atoms with Crippen molar-refractivity contribution < 1.29 is 4.74 Å². The summed E-state index contributed by atoms with van der Waals surface area (Å²) < 4.78 is 6.77. The molecule has 24 heavy (non-hydrogen) atoms. The van der Waals surface area contributed by atoms with E-state index < -0.39 is 0 Å². The Bertz CT molecular complexity index is 751. The minimum absolute atomic E-state index is 0.157. The zero-order valence-electron chi connectivity index (χ0n) is 15.5. The Labute approximate surface area is 154 Å². The van der Waals surface area contributed by atoms with Crippen molar-refractivity contribution in [2.75, 3.05) is 6.61 Å². The van der Waals surface area contributed by atoms with E-state index in [-0.39, 0.29) is 5.41 Å². The lowest BCUT2D eigenvalue weighted by molar-refractivity contribution is 0.337. The summed E-state index contributed by atoms with van der Waals surface area (Å²) >= 11 is 3.58. The molecule has 0 atom stereocenters. The summed E-state index contributed by atoms with van der Waals surface area (Å²) in [6.45, 7) is 13.7. The maximum Gasteiger partial charge on any atom is 0.123 e. The Morgan fingerprint density at radius 2 is 1.67 bits per heavy atom. The van der Waals surface area contributed by atoms with Gasteiger partial charge in [-0.3, -0.25) is 0 Å². The lowest BCUT2D eigenvalue weighted by Crippen LogP contribution is -2.11. The SMILES string of the molecule is CCOc1cc(Br)cc(C=Cc2cc(C(C)(C)C)ccc2C)c1C. The molecule has 0 amide bonds. The van der Waals surface area contributed by atoms with Crippen LogP contribution in [0.3, 0.4) is 0 Å². The van der Waals surface area contributed by atoms with Crippen LogP contribution in [0, 0.1) is 13.8 Å². The molecule has 2 aromatic carbocycles. The van der Waals surface area contributed by atoms with E-state index in [0.717, 1.165) is 10.2 Å². The fourth-order valence-corrected chi connectivity index (χ4v) is 3.07. The molecule has 0 aromatic heterocycles. The van der Waals surface area contributed by atoms with E-state index in [1.807, 2.05) is 13.0 Å². The van der Waals surface area contributed by atoms with Gasteiger partial charge in [0.05, 0.1) is 6.61 Å². The Kier molecular flexibility index (Phi) is 5.92. The van der Waals surface area contributed by atoms with E-state index in [1.54, 1.807) is 0 Å².